The van der Waals surface area contributed by atoms with Gasteiger partial charge in [-0.15, -0.1) is 11.8 Å². The van der Waals surface area contributed by atoms with Gasteiger partial charge in [-0.2, -0.15) is 0 Å². The third-order valence-electron chi connectivity index (χ3n) is 0.718. The molecule has 0 saturated carbocycles. The molecule has 0 bridgehead atoms. The summed E-state index contributed by atoms with van der Waals surface area (Å²) in [6.07, 6.45) is 2.05. The fraction of sp³-hybridized carbons (Fsp3) is 0.600. The monoisotopic (exact) mass is 117 g/mol. The Balaban J connectivity index is 3.17. The van der Waals surface area contributed by atoms with Gasteiger partial charge in [0, 0.05) is 5.88 Å². The van der Waals surface area contributed by atoms with Crippen LogP contribution in [-0.2, 0) is 0 Å². The highest BCUT2D eigenvalue weighted by Crippen LogP contribution is 2.09. The van der Waals surface area contributed by atoms with E-state index in [4.69, 9.17) is 5.73 Å². The summed E-state index contributed by atoms with van der Waals surface area (Å²) in [6, 6.07) is 0. The number of thioether (sulfide) groups is 1. The smallest absolute Gasteiger partial charge is 0.0437 e. The van der Waals surface area contributed by atoms with Crippen molar-refractivity contribution in [1.29, 1.82) is 0 Å². The molecule has 0 atom stereocenters. The topological polar surface area (TPSA) is 26.0 Å². The Morgan fingerprint density at radius 1 is 1.86 bits per heavy atom. The fourth-order valence-electron chi connectivity index (χ4n) is 0.215. The third kappa shape index (κ3) is 3.89. The molecule has 0 aromatic heterocycles. The second kappa shape index (κ2) is 4.22. The Morgan fingerprint density at radius 3 is 2.57 bits per heavy atom. The number of nitrogens with two attached hydrogens (primary N) is 1. The van der Waals surface area contributed by atoms with Crippen LogP contribution in [0.1, 0.15) is 13.8 Å². The Bertz CT molecular complexity index is 68.5. The van der Waals surface area contributed by atoms with E-state index in [2.05, 4.69) is 13.0 Å². The molecule has 0 fully saturated rings. The Kier molecular flexibility index (Phi) is 4.25. The van der Waals surface area contributed by atoms with Gasteiger partial charge >= 0.3 is 0 Å². The highest BCUT2D eigenvalue weighted by Gasteiger charge is 1.80. The zero-order valence-corrected chi connectivity index (χ0v) is 5.59. The molecule has 0 unspecified atom stereocenters. The molecule has 0 rings (SSSR count). The van der Waals surface area contributed by atoms with Crippen molar-refractivity contribution in [1.82, 2.24) is 0 Å². The first-order valence-corrected chi connectivity index (χ1v) is 3.25. The average Bonchev–Trinajstić information content (AvgIpc) is 1.68. The lowest BCUT2D eigenvalue weighted by atomic mass is 10.6. The molecule has 2 heteroatoms. The minimum absolute atomic E-state index is 0.691. The second-order valence-corrected chi connectivity index (χ2v) is 2.48. The van der Waals surface area contributed by atoms with Gasteiger partial charge < -0.3 is 5.73 Å². The van der Waals surface area contributed by atoms with Crippen LogP contribution < -0.4 is 5.73 Å². The lowest BCUT2D eigenvalue weighted by molar-refractivity contribution is 1.40. The fourth-order valence-corrected chi connectivity index (χ4v) is 0.644. The van der Waals surface area contributed by atoms with Crippen LogP contribution in [0.2, 0.25) is 0 Å². The predicted octanol–water partition coefficient (Wildman–Crippen LogP) is 1.56. The Morgan fingerprint density at radius 2 is 2.43 bits per heavy atom. The molecule has 0 aromatic rings. The molecule has 0 aromatic carbocycles. The summed E-state index contributed by atoms with van der Waals surface area (Å²) in [5.74, 6) is 0.691. The van der Waals surface area contributed by atoms with Gasteiger partial charge in [0.1, 0.15) is 0 Å². The van der Waals surface area contributed by atoms with E-state index < -0.39 is 0 Å². The van der Waals surface area contributed by atoms with Crippen LogP contribution in [0, 0.1) is 0 Å². The number of hydrogen-bond acceptors (Lipinski definition) is 2. The van der Waals surface area contributed by atoms with E-state index in [9.17, 15) is 0 Å². The number of hydrogen-bond donors (Lipinski definition) is 1. The Hall–Kier alpha value is 0.0500. The standard InChI is InChI=1S/C5H11NS/c1-3-5(2)7-4-6/h3H,4,6H2,1-2H3/b5-3+. The first-order chi connectivity index (χ1) is 3.31. The SMILES string of the molecule is C/C=C(\C)SCN. The van der Waals surface area contributed by atoms with Crippen LogP contribution >= 0.6 is 11.8 Å². The van der Waals surface area contributed by atoms with Gasteiger partial charge in [-0.25, -0.2) is 0 Å². The molecule has 0 radical (unpaired) electrons. The molecule has 0 saturated heterocycles. The van der Waals surface area contributed by atoms with Gasteiger partial charge in [0.25, 0.3) is 0 Å². The van der Waals surface area contributed by atoms with Crippen LogP contribution in [-0.4, -0.2) is 5.88 Å². The van der Waals surface area contributed by atoms with Gasteiger partial charge in [-0.3, -0.25) is 0 Å². The van der Waals surface area contributed by atoms with E-state index in [0.717, 1.165) is 0 Å². The van der Waals surface area contributed by atoms with Crippen LogP contribution in [0.15, 0.2) is 11.0 Å². The largest absolute Gasteiger partial charge is 0.322 e. The number of rotatable bonds is 2. The van der Waals surface area contributed by atoms with Gasteiger partial charge in [-0.1, -0.05) is 6.08 Å². The lowest BCUT2D eigenvalue weighted by Gasteiger charge is -1.91. The summed E-state index contributed by atoms with van der Waals surface area (Å²) < 4.78 is 0. The summed E-state index contributed by atoms with van der Waals surface area (Å²) in [4.78, 5) is 1.29. The molecule has 42 valence electrons. The van der Waals surface area contributed by atoms with Crippen molar-refractivity contribution in [3.8, 4) is 0 Å². The first kappa shape index (κ1) is 7.05. The summed E-state index contributed by atoms with van der Waals surface area (Å²) in [5.41, 5.74) is 5.23. The molecular weight excluding hydrogens is 106 g/mol. The molecule has 0 spiro atoms. The maximum absolute atomic E-state index is 5.23. The molecule has 0 amide bonds. The van der Waals surface area contributed by atoms with E-state index >= 15 is 0 Å². The van der Waals surface area contributed by atoms with E-state index in [1.54, 1.807) is 11.8 Å². The van der Waals surface area contributed by atoms with Crippen molar-refractivity contribution in [2.75, 3.05) is 5.88 Å². The lowest BCUT2D eigenvalue weighted by Crippen LogP contribution is -1.90. The van der Waals surface area contributed by atoms with E-state index in [0.29, 0.717) is 5.88 Å². The third-order valence-corrected chi connectivity index (χ3v) is 1.58. The molecule has 0 aliphatic rings. The van der Waals surface area contributed by atoms with Gasteiger partial charge in [0.2, 0.25) is 0 Å². The first-order valence-electron chi connectivity index (χ1n) is 2.27. The zero-order valence-electron chi connectivity index (χ0n) is 4.77. The molecule has 0 heterocycles. The van der Waals surface area contributed by atoms with Crippen molar-refractivity contribution >= 4 is 11.8 Å². The highest BCUT2D eigenvalue weighted by molar-refractivity contribution is 8.02. The summed E-state index contributed by atoms with van der Waals surface area (Å²) in [7, 11) is 0. The van der Waals surface area contributed by atoms with Crippen molar-refractivity contribution in [2.45, 2.75) is 13.8 Å². The van der Waals surface area contributed by atoms with Crippen LogP contribution in [0.4, 0.5) is 0 Å². The van der Waals surface area contributed by atoms with Crippen LogP contribution in [0.5, 0.6) is 0 Å². The summed E-state index contributed by atoms with van der Waals surface area (Å²) in [5, 5.41) is 0. The predicted molar refractivity (Wildman–Crippen MR) is 36.1 cm³/mol. The molecular formula is C5H11NS. The normalized spacial score (nSPS) is 12.1. The quantitative estimate of drug-likeness (QED) is 0.555. The van der Waals surface area contributed by atoms with Crippen molar-refractivity contribution in [3.63, 3.8) is 0 Å². The zero-order chi connectivity index (χ0) is 5.70. The minimum atomic E-state index is 0.691. The summed E-state index contributed by atoms with van der Waals surface area (Å²) in [6.45, 7) is 4.06. The highest BCUT2D eigenvalue weighted by atomic mass is 32.2. The van der Waals surface area contributed by atoms with Crippen molar-refractivity contribution in [2.24, 2.45) is 5.73 Å². The Labute approximate surface area is 49.0 Å². The molecule has 2 N–H and O–H groups in total. The molecule has 1 nitrogen and oxygen atoms in total. The van der Waals surface area contributed by atoms with Gasteiger partial charge in [-0.05, 0) is 18.8 Å². The van der Waals surface area contributed by atoms with Crippen molar-refractivity contribution in [3.05, 3.63) is 11.0 Å². The molecule has 0 aliphatic carbocycles. The maximum atomic E-state index is 5.23. The van der Waals surface area contributed by atoms with E-state index in [1.807, 2.05) is 6.92 Å². The number of allylic oxidation sites excluding steroid dienone is 2. The maximum Gasteiger partial charge on any atom is 0.0437 e. The molecule has 0 aliphatic heterocycles. The molecule has 7 heavy (non-hydrogen) atoms. The van der Waals surface area contributed by atoms with E-state index in [1.165, 1.54) is 4.91 Å². The summed E-state index contributed by atoms with van der Waals surface area (Å²) >= 11 is 1.67. The van der Waals surface area contributed by atoms with E-state index in [-0.39, 0.29) is 0 Å². The van der Waals surface area contributed by atoms with Gasteiger partial charge in [0.05, 0.1) is 0 Å². The average molecular weight is 117 g/mol. The minimum Gasteiger partial charge on any atom is -0.322 e. The van der Waals surface area contributed by atoms with Crippen molar-refractivity contribution < 1.29 is 0 Å². The second-order valence-electron chi connectivity index (χ2n) is 1.21. The van der Waals surface area contributed by atoms with Crippen LogP contribution in [0.25, 0.3) is 0 Å². The van der Waals surface area contributed by atoms with Gasteiger partial charge in [0.15, 0.2) is 0 Å². The van der Waals surface area contributed by atoms with Crippen LogP contribution in [0.3, 0.4) is 0 Å².